The summed E-state index contributed by atoms with van der Waals surface area (Å²) in [4.78, 5) is 2.81. The van der Waals surface area contributed by atoms with Gasteiger partial charge in [0.25, 0.3) is 0 Å². The van der Waals surface area contributed by atoms with Crippen molar-refractivity contribution in [3.63, 3.8) is 0 Å². The molecule has 5 unspecified atom stereocenters. The van der Waals surface area contributed by atoms with E-state index in [9.17, 15) is 0 Å². The molecule has 0 aromatic rings. The first-order valence-corrected chi connectivity index (χ1v) is 9.06. The lowest BCUT2D eigenvalue weighted by Gasteiger charge is -2.59. The van der Waals surface area contributed by atoms with Crippen LogP contribution in [0.3, 0.4) is 0 Å². The molecule has 1 aliphatic carbocycles. The van der Waals surface area contributed by atoms with Gasteiger partial charge in [-0.2, -0.15) is 0 Å². The van der Waals surface area contributed by atoms with Crippen LogP contribution in [0, 0.1) is 11.3 Å². The van der Waals surface area contributed by atoms with Crippen molar-refractivity contribution < 1.29 is 4.74 Å². The number of ether oxygens (including phenoxy) is 1. The Morgan fingerprint density at radius 1 is 1.29 bits per heavy atom. The highest BCUT2D eigenvalue weighted by atomic mass is 16.5. The van der Waals surface area contributed by atoms with Gasteiger partial charge < -0.3 is 10.1 Å². The molecule has 1 saturated heterocycles. The molecule has 2 fully saturated rings. The van der Waals surface area contributed by atoms with Crippen molar-refractivity contribution >= 4 is 0 Å². The van der Waals surface area contributed by atoms with E-state index < -0.39 is 0 Å². The zero-order chi connectivity index (χ0) is 15.6. The molecular formula is C18H36N2O. The highest BCUT2D eigenvalue weighted by molar-refractivity contribution is 5.07. The molecule has 0 bridgehead atoms. The highest BCUT2D eigenvalue weighted by Gasteiger charge is 2.53. The van der Waals surface area contributed by atoms with E-state index in [-0.39, 0.29) is 0 Å². The summed E-state index contributed by atoms with van der Waals surface area (Å²) in [5.74, 6) is 0.760. The minimum atomic E-state index is 0.292. The molecule has 0 aromatic heterocycles. The molecule has 3 heteroatoms. The van der Waals surface area contributed by atoms with Crippen LogP contribution in [-0.4, -0.2) is 48.8 Å². The van der Waals surface area contributed by atoms with E-state index in [4.69, 9.17) is 4.74 Å². The Morgan fingerprint density at radius 3 is 2.52 bits per heavy atom. The standard InChI is InChI=1S/C18H36N2O/c1-7-13(4)15-12-20(14(8-2)11-19-15)16-10-17(21-9-3)18(16,5)6/h13-17,19H,7-12H2,1-6H3. The predicted octanol–water partition coefficient (Wildman–Crippen LogP) is 3.29. The average Bonchev–Trinajstić information content (AvgIpc) is 2.49. The highest BCUT2D eigenvalue weighted by Crippen LogP contribution is 2.47. The summed E-state index contributed by atoms with van der Waals surface area (Å²) in [6.45, 7) is 17.1. The number of rotatable bonds is 6. The monoisotopic (exact) mass is 296 g/mol. The third-order valence-electron chi connectivity index (χ3n) is 6.19. The van der Waals surface area contributed by atoms with Gasteiger partial charge >= 0.3 is 0 Å². The Morgan fingerprint density at radius 2 is 2.00 bits per heavy atom. The molecule has 0 aromatic carbocycles. The van der Waals surface area contributed by atoms with Gasteiger partial charge in [-0.15, -0.1) is 0 Å². The number of nitrogens with one attached hydrogen (secondary N) is 1. The van der Waals surface area contributed by atoms with Crippen LogP contribution in [-0.2, 0) is 4.74 Å². The van der Waals surface area contributed by atoms with Crippen molar-refractivity contribution in [2.24, 2.45) is 11.3 Å². The fourth-order valence-corrected chi connectivity index (χ4v) is 4.18. The maximum absolute atomic E-state index is 5.94. The SMILES string of the molecule is CCOC1CC(N2CC(C(C)CC)NCC2CC)C1(C)C. The lowest BCUT2D eigenvalue weighted by molar-refractivity contribution is -0.164. The van der Waals surface area contributed by atoms with E-state index in [2.05, 4.69) is 51.8 Å². The summed E-state index contributed by atoms with van der Waals surface area (Å²) in [5, 5.41) is 3.79. The maximum Gasteiger partial charge on any atom is 0.0655 e. The molecular weight excluding hydrogens is 260 g/mol. The Kier molecular flexibility index (Phi) is 5.72. The smallest absolute Gasteiger partial charge is 0.0655 e. The van der Waals surface area contributed by atoms with E-state index >= 15 is 0 Å². The van der Waals surface area contributed by atoms with Crippen LogP contribution in [0.2, 0.25) is 0 Å². The van der Waals surface area contributed by atoms with Gasteiger partial charge in [-0.3, -0.25) is 4.90 Å². The van der Waals surface area contributed by atoms with Gasteiger partial charge in [0.15, 0.2) is 0 Å². The largest absolute Gasteiger partial charge is 0.378 e. The van der Waals surface area contributed by atoms with Crippen LogP contribution in [0.25, 0.3) is 0 Å². The third kappa shape index (κ3) is 3.30. The van der Waals surface area contributed by atoms with Gasteiger partial charge in [0.2, 0.25) is 0 Å². The predicted molar refractivity (Wildman–Crippen MR) is 89.6 cm³/mol. The first-order chi connectivity index (χ1) is 9.95. The number of hydrogen-bond acceptors (Lipinski definition) is 3. The average molecular weight is 296 g/mol. The van der Waals surface area contributed by atoms with Crippen LogP contribution < -0.4 is 5.32 Å². The topological polar surface area (TPSA) is 24.5 Å². The van der Waals surface area contributed by atoms with Crippen molar-refractivity contribution in [3.05, 3.63) is 0 Å². The molecule has 21 heavy (non-hydrogen) atoms. The van der Waals surface area contributed by atoms with Gasteiger partial charge in [0, 0.05) is 43.2 Å². The Labute approximate surface area is 131 Å². The summed E-state index contributed by atoms with van der Waals surface area (Å²) in [5.41, 5.74) is 0.292. The molecule has 3 nitrogen and oxygen atoms in total. The summed E-state index contributed by atoms with van der Waals surface area (Å²) in [7, 11) is 0. The van der Waals surface area contributed by atoms with Crippen molar-refractivity contribution in [2.75, 3.05) is 19.7 Å². The Balaban J connectivity index is 2.05. The molecule has 1 N–H and O–H groups in total. The first kappa shape index (κ1) is 17.2. The maximum atomic E-state index is 5.94. The quantitative estimate of drug-likeness (QED) is 0.814. The fourth-order valence-electron chi connectivity index (χ4n) is 4.18. The zero-order valence-corrected chi connectivity index (χ0v) is 15.0. The second kappa shape index (κ2) is 6.97. The van der Waals surface area contributed by atoms with Gasteiger partial charge in [-0.1, -0.05) is 41.0 Å². The normalized spacial score (nSPS) is 38.0. The van der Waals surface area contributed by atoms with Crippen LogP contribution in [0.5, 0.6) is 0 Å². The number of hydrogen-bond donors (Lipinski definition) is 1. The van der Waals surface area contributed by atoms with Crippen LogP contribution in [0.4, 0.5) is 0 Å². The lowest BCUT2D eigenvalue weighted by Crippen LogP contribution is -2.69. The van der Waals surface area contributed by atoms with Crippen molar-refractivity contribution in [2.45, 2.75) is 85.0 Å². The van der Waals surface area contributed by atoms with Gasteiger partial charge in [0.1, 0.15) is 0 Å². The zero-order valence-electron chi connectivity index (χ0n) is 15.0. The molecule has 2 aliphatic rings. The third-order valence-corrected chi connectivity index (χ3v) is 6.19. The molecule has 0 spiro atoms. The first-order valence-electron chi connectivity index (χ1n) is 9.06. The van der Waals surface area contributed by atoms with E-state index in [1.165, 1.54) is 25.8 Å². The second-order valence-corrected chi connectivity index (χ2v) is 7.68. The van der Waals surface area contributed by atoms with E-state index in [1.807, 2.05) is 0 Å². The van der Waals surface area contributed by atoms with Crippen LogP contribution >= 0.6 is 0 Å². The Hall–Kier alpha value is -0.120. The van der Waals surface area contributed by atoms with E-state index in [0.29, 0.717) is 29.6 Å². The van der Waals surface area contributed by atoms with Crippen molar-refractivity contribution in [3.8, 4) is 0 Å². The van der Waals surface area contributed by atoms with Gasteiger partial charge in [0.05, 0.1) is 6.10 Å². The van der Waals surface area contributed by atoms with Crippen LogP contribution in [0.1, 0.15) is 60.8 Å². The van der Waals surface area contributed by atoms with Crippen molar-refractivity contribution in [1.29, 1.82) is 0 Å². The molecule has 124 valence electrons. The van der Waals surface area contributed by atoms with Crippen molar-refractivity contribution in [1.82, 2.24) is 10.2 Å². The molecule has 5 atom stereocenters. The summed E-state index contributed by atoms with van der Waals surface area (Å²) < 4.78 is 5.94. The molecule has 1 saturated carbocycles. The molecule has 0 radical (unpaired) electrons. The summed E-state index contributed by atoms with van der Waals surface area (Å²) in [6, 6.07) is 2.03. The fraction of sp³-hybridized carbons (Fsp3) is 1.00. The summed E-state index contributed by atoms with van der Waals surface area (Å²) in [6.07, 6.45) is 4.16. The molecule has 0 amide bonds. The van der Waals surface area contributed by atoms with E-state index in [0.717, 1.165) is 19.1 Å². The number of piperazine rings is 1. The summed E-state index contributed by atoms with van der Waals surface area (Å²) >= 11 is 0. The molecule has 1 heterocycles. The molecule has 2 rings (SSSR count). The molecule has 1 aliphatic heterocycles. The second-order valence-electron chi connectivity index (χ2n) is 7.68. The van der Waals surface area contributed by atoms with Gasteiger partial charge in [-0.05, 0) is 25.7 Å². The van der Waals surface area contributed by atoms with Gasteiger partial charge in [-0.25, -0.2) is 0 Å². The lowest BCUT2D eigenvalue weighted by atomic mass is 9.63. The van der Waals surface area contributed by atoms with E-state index in [1.54, 1.807) is 0 Å². The minimum absolute atomic E-state index is 0.292. The minimum Gasteiger partial charge on any atom is -0.378 e. The number of nitrogens with zero attached hydrogens (tertiary/aromatic N) is 1. The Bertz CT molecular complexity index is 331. The van der Waals surface area contributed by atoms with Crippen LogP contribution in [0.15, 0.2) is 0 Å².